The van der Waals surface area contributed by atoms with Gasteiger partial charge in [0.25, 0.3) is 5.56 Å². The first kappa shape index (κ1) is 18.6. The highest BCUT2D eigenvalue weighted by atomic mass is 16.5. The Balaban J connectivity index is 1.67. The van der Waals surface area contributed by atoms with Crippen molar-refractivity contribution in [2.24, 2.45) is 0 Å². The molecule has 0 unspecified atom stereocenters. The Morgan fingerprint density at radius 2 is 1.89 bits per heavy atom. The summed E-state index contributed by atoms with van der Waals surface area (Å²) in [6.07, 6.45) is 2.98. The number of aryl methyl sites for hydroxylation is 2. The van der Waals surface area contributed by atoms with Crippen LogP contribution >= 0.6 is 0 Å². The van der Waals surface area contributed by atoms with Crippen LogP contribution in [0.2, 0.25) is 0 Å². The lowest BCUT2D eigenvalue weighted by atomic mass is 10.1. The highest BCUT2D eigenvalue weighted by Crippen LogP contribution is 2.14. The molecule has 0 aliphatic carbocycles. The molecule has 8 nitrogen and oxygen atoms in total. The normalized spacial score (nSPS) is 11.0. The van der Waals surface area contributed by atoms with E-state index in [2.05, 4.69) is 15.0 Å². The van der Waals surface area contributed by atoms with Gasteiger partial charge in [-0.2, -0.15) is 0 Å². The number of hydrogen-bond acceptors (Lipinski definition) is 5. The lowest BCUT2D eigenvalue weighted by Crippen LogP contribution is -2.34. The van der Waals surface area contributed by atoms with E-state index in [0.717, 1.165) is 18.4 Å². The molecule has 0 saturated heterocycles. The number of hydrogen-bond donors (Lipinski definition) is 2. The van der Waals surface area contributed by atoms with E-state index in [1.165, 1.54) is 11.5 Å². The average molecular weight is 370 g/mol. The van der Waals surface area contributed by atoms with E-state index in [4.69, 9.17) is 4.74 Å². The van der Waals surface area contributed by atoms with Crippen molar-refractivity contribution in [3.63, 3.8) is 0 Å². The van der Waals surface area contributed by atoms with Crippen LogP contribution < -0.4 is 16.0 Å². The second kappa shape index (κ2) is 8.03. The van der Waals surface area contributed by atoms with Gasteiger partial charge >= 0.3 is 11.7 Å². The largest absolute Gasteiger partial charge is 0.427 e. The van der Waals surface area contributed by atoms with Gasteiger partial charge in [0.15, 0.2) is 5.65 Å². The summed E-state index contributed by atoms with van der Waals surface area (Å²) in [5, 5.41) is 0. The number of ether oxygens (including phenoxy) is 1. The molecule has 142 valence electrons. The van der Waals surface area contributed by atoms with Gasteiger partial charge in [0.2, 0.25) is 0 Å². The number of carbonyl (C=O) groups excluding carboxylic acids is 1. The fourth-order valence-corrected chi connectivity index (χ4v) is 2.96. The molecule has 2 aromatic heterocycles. The maximum absolute atomic E-state index is 12.4. The minimum Gasteiger partial charge on any atom is -0.427 e. The molecule has 0 amide bonds. The van der Waals surface area contributed by atoms with Crippen LogP contribution in [-0.2, 0) is 24.2 Å². The molecule has 0 radical (unpaired) electrons. The summed E-state index contributed by atoms with van der Waals surface area (Å²) in [4.78, 5) is 45.3. The molecule has 2 N–H and O–H groups in total. The number of imidazole rings is 1. The van der Waals surface area contributed by atoms with Crippen molar-refractivity contribution >= 4 is 17.1 Å². The smallest absolute Gasteiger partial charge is 0.330 e. The van der Waals surface area contributed by atoms with Crippen molar-refractivity contribution < 1.29 is 9.53 Å². The fraction of sp³-hybridized carbons (Fsp3) is 0.368. The molecule has 1 aromatic carbocycles. The molecule has 3 aromatic rings. The summed E-state index contributed by atoms with van der Waals surface area (Å²) in [6.45, 7) is 3.65. The van der Waals surface area contributed by atoms with Crippen molar-refractivity contribution in [3.05, 3.63) is 56.5 Å². The zero-order chi connectivity index (χ0) is 19.4. The van der Waals surface area contributed by atoms with Crippen molar-refractivity contribution in [3.8, 4) is 5.75 Å². The van der Waals surface area contributed by atoms with E-state index in [9.17, 15) is 14.4 Å². The molecule has 8 heteroatoms. The molecule has 27 heavy (non-hydrogen) atoms. The fourth-order valence-electron chi connectivity index (χ4n) is 2.96. The van der Waals surface area contributed by atoms with Gasteiger partial charge in [0, 0.05) is 19.9 Å². The van der Waals surface area contributed by atoms with Crippen LogP contribution in [0.5, 0.6) is 5.75 Å². The van der Waals surface area contributed by atoms with Gasteiger partial charge in [-0.25, -0.2) is 9.78 Å². The third-order valence-corrected chi connectivity index (χ3v) is 4.19. The number of aromatic nitrogens is 4. The lowest BCUT2D eigenvalue weighted by molar-refractivity contribution is -0.131. The third-order valence-electron chi connectivity index (χ3n) is 4.19. The van der Waals surface area contributed by atoms with Crippen LogP contribution in [-0.4, -0.2) is 25.5 Å². The van der Waals surface area contributed by atoms with Crippen LogP contribution in [0.15, 0.2) is 33.9 Å². The van der Waals surface area contributed by atoms with E-state index in [1.807, 2.05) is 19.1 Å². The highest BCUT2D eigenvalue weighted by Gasteiger charge is 2.11. The number of rotatable bonds is 7. The molecule has 0 atom stereocenters. The highest BCUT2D eigenvalue weighted by molar-refractivity contribution is 5.69. The number of aromatic amines is 2. The van der Waals surface area contributed by atoms with Gasteiger partial charge in [0.05, 0.1) is 0 Å². The molecule has 0 aliphatic rings. The molecule has 0 fully saturated rings. The maximum Gasteiger partial charge on any atom is 0.330 e. The van der Waals surface area contributed by atoms with Crippen molar-refractivity contribution in [1.29, 1.82) is 0 Å². The number of benzene rings is 1. The van der Waals surface area contributed by atoms with Crippen LogP contribution in [0, 0.1) is 0 Å². The predicted octanol–water partition coefficient (Wildman–Crippen LogP) is 1.92. The number of nitrogens with zero attached hydrogens (tertiary/aromatic N) is 2. The molecule has 0 aliphatic heterocycles. The summed E-state index contributed by atoms with van der Waals surface area (Å²) >= 11 is 0. The second-order valence-corrected chi connectivity index (χ2v) is 6.39. The molecule has 0 bridgehead atoms. The van der Waals surface area contributed by atoms with Crippen LogP contribution in [0.25, 0.3) is 11.2 Å². The van der Waals surface area contributed by atoms with Gasteiger partial charge in [0.1, 0.15) is 17.1 Å². The number of nitrogens with one attached hydrogen (secondary N) is 2. The molecular formula is C19H22N4O4. The van der Waals surface area contributed by atoms with E-state index >= 15 is 0 Å². The summed E-state index contributed by atoms with van der Waals surface area (Å²) in [7, 11) is 0. The summed E-state index contributed by atoms with van der Waals surface area (Å²) < 4.78 is 6.20. The first-order chi connectivity index (χ1) is 13.0. The van der Waals surface area contributed by atoms with Gasteiger partial charge < -0.3 is 9.72 Å². The van der Waals surface area contributed by atoms with E-state index < -0.39 is 5.69 Å². The minimum absolute atomic E-state index is 0.304. The summed E-state index contributed by atoms with van der Waals surface area (Å²) in [6, 6.07) is 7.35. The minimum atomic E-state index is -0.430. The Hall–Kier alpha value is -3.16. The first-order valence-electron chi connectivity index (χ1n) is 8.97. The second-order valence-electron chi connectivity index (χ2n) is 6.39. The van der Waals surface area contributed by atoms with E-state index in [1.54, 1.807) is 12.1 Å². The number of esters is 1. The maximum atomic E-state index is 12.4. The van der Waals surface area contributed by atoms with E-state index in [-0.39, 0.29) is 11.5 Å². The van der Waals surface area contributed by atoms with Crippen LogP contribution in [0.4, 0.5) is 0 Å². The summed E-state index contributed by atoms with van der Waals surface area (Å²) in [5.74, 6) is 0.850. The van der Waals surface area contributed by atoms with Crippen LogP contribution in [0.1, 0.15) is 38.1 Å². The molecule has 2 heterocycles. The number of H-pyrrole nitrogens is 2. The predicted molar refractivity (Wildman–Crippen MR) is 101 cm³/mol. The third kappa shape index (κ3) is 4.33. The standard InChI is InChI=1S/C19H22N4O4/c1-3-11-23-18(25)16-17(22-19(23)26)21-15(20-16)6-4-5-13-7-9-14(10-8-13)27-12(2)24/h7-10H,3-6,11H2,1-2H3,(H,20,21)(H,22,26). The van der Waals surface area contributed by atoms with Crippen molar-refractivity contribution in [2.75, 3.05) is 0 Å². The SMILES string of the molecule is CCCn1c(=O)[nH]c2nc(CCCc3ccc(OC(C)=O)cc3)[nH]c2c1=O. The zero-order valence-corrected chi connectivity index (χ0v) is 15.4. The Morgan fingerprint density at radius 1 is 1.15 bits per heavy atom. The Kier molecular flexibility index (Phi) is 5.54. The number of fused-ring (bicyclic) bond motifs is 1. The Labute approximate surface area is 155 Å². The molecule has 0 spiro atoms. The van der Waals surface area contributed by atoms with Gasteiger partial charge in [-0.05, 0) is 37.0 Å². The van der Waals surface area contributed by atoms with Crippen molar-refractivity contribution in [2.45, 2.75) is 46.1 Å². The van der Waals surface area contributed by atoms with E-state index in [0.29, 0.717) is 42.1 Å². The summed E-state index contributed by atoms with van der Waals surface area (Å²) in [5.41, 5.74) is 0.985. The van der Waals surface area contributed by atoms with Crippen LogP contribution in [0.3, 0.4) is 0 Å². The van der Waals surface area contributed by atoms with Crippen molar-refractivity contribution in [1.82, 2.24) is 19.5 Å². The first-order valence-corrected chi connectivity index (χ1v) is 8.97. The topological polar surface area (TPSA) is 110 Å². The monoisotopic (exact) mass is 370 g/mol. The number of carbonyl (C=O) groups is 1. The lowest BCUT2D eigenvalue weighted by Gasteiger charge is -2.03. The molecule has 3 rings (SSSR count). The quantitative estimate of drug-likeness (QED) is 0.488. The average Bonchev–Trinajstić information content (AvgIpc) is 3.02. The Bertz CT molecular complexity index is 1060. The van der Waals surface area contributed by atoms with Gasteiger partial charge in [-0.1, -0.05) is 19.1 Å². The van der Waals surface area contributed by atoms with Gasteiger partial charge in [-0.15, -0.1) is 0 Å². The van der Waals surface area contributed by atoms with Gasteiger partial charge in [-0.3, -0.25) is 19.1 Å². The zero-order valence-electron chi connectivity index (χ0n) is 15.4. The molecule has 0 saturated carbocycles. The Morgan fingerprint density at radius 3 is 2.56 bits per heavy atom. The molecular weight excluding hydrogens is 348 g/mol.